The van der Waals surface area contributed by atoms with Crippen molar-refractivity contribution in [3.8, 4) is 16.8 Å². The van der Waals surface area contributed by atoms with Crippen LogP contribution < -0.4 is 10.9 Å². The second kappa shape index (κ2) is 12.2. The standard InChI is InChI=1S/C32H29N3O4S3/c1-3-39-31(38)27-23(20-10-6-4-7-11-20)17-40-28(27)33-25(36)18-41-32-34-29-26(22-15-14-19(2)16-24(22)42-29)30(37)35(32)21-12-8-5-9-13-21/h4-13,17,19H,3,14-16,18H2,1-2H3,(H,33,36)/t19-/m0/s1. The lowest BCUT2D eigenvalue weighted by atomic mass is 9.89. The number of ether oxygens (including phenoxy) is 1. The van der Waals surface area contributed by atoms with Crippen LogP contribution in [0.1, 0.15) is 41.1 Å². The van der Waals surface area contributed by atoms with E-state index in [4.69, 9.17) is 9.72 Å². The van der Waals surface area contributed by atoms with E-state index in [0.717, 1.165) is 35.2 Å². The molecule has 1 aliphatic carbocycles. The minimum absolute atomic E-state index is 0.00768. The molecule has 1 N–H and O–H groups in total. The van der Waals surface area contributed by atoms with Crippen molar-refractivity contribution in [1.82, 2.24) is 9.55 Å². The van der Waals surface area contributed by atoms with Gasteiger partial charge in [0.1, 0.15) is 15.4 Å². The Morgan fingerprint density at radius 2 is 1.86 bits per heavy atom. The van der Waals surface area contributed by atoms with Gasteiger partial charge in [-0.15, -0.1) is 22.7 Å². The summed E-state index contributed by atoms with van der Waals surface area (Å²) in [5.41, 5.74) is 3.65. The minimum atomic E-state index is -0.485. The number of benzene rings is 2. The number of nitrogens with one attached hydrogen (secondary N) is 1. The number of thiophene rings is 2. The quantitative estimate of drug-likeness (QED) is 0.113. The summed E-state index contributed by atoms with van der Waals surface area (Å²) < 4.78 is 6.94. The number of thioether (sulfide) groups is 1. The van der Waals surface area contributed by atoms with Gasteiger partial charge >= 0.3 is 5.97 Å². The van der Waals surface area contributed by atoms with Gasteiger partial charge in [-0.25, -0.2) is 9.78 Å². The molecule has 1 amide bonds. The van der Waals surface area contributed by atoms with E-state index in [1.54, 1.807) is 22.8 Å². The van der Waals surface area contributed by atoms with Crippen molar-refractivity contribution in [3.63, 3.8) is 0 Å². The van der Waals surface area contributed by atoms with Crippen molar-refractivity contribution in [2.45, 2.75) is 38.3 Å². The number of anilines is 1. The molecule has 0 fully saturated rings. The normalized spacial score (nSPS) is 14.5. The SMILES string of the molecule is CCOC(=O)c1c(-c2ccccc2)csc1NC(=O)CSc1nc2sc3c(c2c(=O)n1-c1ccccc1)CC[C@H](C)C3. The Kier molecular flexibility index (Phi) is 8.28. The van der Waals surface area contributed by atoms with E-state index >= 15 is 0 Å². The molecule has 6 rings (SSSR count). The fourth-order valence-electron chi connectivity index (χ4n) is 5.25. The Labute approximate surface area is 255 Å². The molecule has 0 radical (unpaired) electrons. The Hall–Kier alpha value is -3.73. The molecule has 1 aliphatic rings. The van der Waals surface area contributed by atoms with Gasteiger partial charge in [-0.3, -0.25) is 14.2 Å². The molecule has 7 nitrogen and oxygen atoms in total. The summed E-state index contributed by atoms with van der Waals surface area (Å²) in [5, 5.41) is 6.36. The zero-order valence-electron chi connectivity index (χ0n) is 23.2. The first-order valence-electron chi connectivity index (χ1n) is 13.8. The van der Waals surface area contributed by atoms with Gasteiger partial charge in [-0.2, -0.15) is 0 Å². The molecule has 0 saturated carbocycles. The zero-order valence-corrected chi connectivity index (χ0v) is 25.7. The van der Waals surface area contributed by atoms with E-state index in [2.05, 4.69) is 12.2 Å². The first kappa shape index (κ1) is 28.4. The largest absolute Gasteiger partial charge is 0.462 e. The lowest BCUT2D eigenvalue weighted by Crippen LogP contribution is -2.23. The van der Waals surface area contributed by atoms with Crippen LogP contribution in [0.5, 0.6) is 0 Å². The van der Waals surface area contributed by atoms with Crippen LogP contribution in [0, 0.1) is 5.92 Å². The van der Waals surface area contributed by atoms with Crippen LogP contribution >= 0.6 is 34.4 Å². The lowest BCUT2D eigenvalue weighted by Gasteiger charge is -2.17. The third-order valence-electron chi connectivity index (χ3n) is 7.25. The number of hydrogen-bond donors (Lipinski definition) is 1. The number of nitrogens with zero attached hydrogens (tertiary/aromatic N) is 2. The number of hydrogen-bond acceptors (Lipinski definition) is 8. The third kappa shape index (κ3) is 5.54. The zero-order chi connectivity index (χ0) is 29.2. The molecule has 42 heavy (non-hydrogen) atoms. The molecule has 1 atom stereocenters. The highest BCUT2D eigenvalue weighted by Crippen LogP contribution is 2.38. The summed E-state index contributed by atoms with van der Waals surface area (Å²) in [4.78, 5) is 47.1. The summed E-state index contributed by atoms with van der Waals surface area (Å²) in [5.74, 6) is -0.200. The predicted octanol–water partition coefficient (Wildman–Crippen LogP) is 7.21. The average Bonchev–Trinajstić information content (AvgIpc) is 3.58. The van der Waals surface area contributed by atoms with Gasteiger partial charge in [0, 0.05) is 15.8 Å². The highest BCUT2D eigenvalue weighted by Gasteiger charge is 2.26. The third-order valence-corrected chi connectivity index (χ3v) is 10.2. The van der Waals surface area contributed by atoms with Crippen LogP contribution in [0.3, 0.4) is 0 Å². The topological polar surface area (TPSA) is 90.3 Å². The van der Waals surface area contributed by atoms with Crippen molar-refractivity contribution >= 4 is 61.5 Å². The van der Waals surface area contributed by atoms with E-state index in [9.17, 15) is 14.4 Å². The van der Waals surface area contributed by atoms with Gasteiger partial charge in [-0.05, 0) is 55.4 Å². The van der Waals surface area contributed by atoms with Gasteiger partial charge in [0.2, 0.25) is 5.91 Å². The van der Waals surface area contributed by atoms with Gasteiger partial charge in [0.25, 0.3) is 5.56 Å². The molecule has 0 saturated heterocycles. The molecule has 10 heteroatoms. The van der Waals surface area contributed by atoms with Crippen LogP contribution in [-0.4, -0.2) is 33.8 Å². The number of fused-ring (bicyclic) bond motifs is 3. The summed E-state index contributed by atoms with van der Waals surface area (Å²) in [7, 11) is 0. The Morgan fingerprint density at radius 3 is 2.60 bits per heavy atom. The monoisotopic (exact) mass is 615 g/mol. The van der Waals surface area contributed by atoms with E-state index in [1.165, 1.54) is 28.0 Å². The summed E-state index contributed by atoms with van der Waals surface area (Å²) in [6.45, 7) is 4.22. The predicted molar refractivity (Wildman–Crippen MR) is 171 cm³/mol. The number of carbonyl (C=O) groups is 2. The molecule has 3 heterocycles. The summed E-state index contributed by atoms with van der Waals surface area (Å²) in [6.07, 6.45) is 2.90. The second-order valence-electron chi connectivity index (χ2n) is 10.2. The number of para-hydroxylation sites is 1. The maximum atomic E-state index is 14.0. The number of carbonyl (C=O) groups excluding carboxylic acids is 2. The minimum Gasteiger partial charge on any atom is -0.462 e. The number of amides is 1. The van der Waals surface area contributed by atoms with Crippen molar-refractivity contribution < 1.29 is 14.3 Å². The Balaban J connectivity index is 1.31. The van der Waals surface area contributed by atoms with Crippen LogP contribution in [-0.2, 0) is 22.4 Å². The highest BCUT2D eigenvalue weighted by molar-refractivity contribution is 7.99. The Morgan fingerprint density at radius 1 is 1.12 bits per heavy atom. The van der Waals surface area contributed by atoms with E-state index in [0.29, 0.717) is 38.3 Å². The van der Waals surface area contributed by atoms with Crippen molar-refractivity contribution in [1.29, 1.82) is 0 Å². The summed E-state index contributed by atoms with van der Waals surface area (Å²) in [6, 6.07) is 19.0. The molecule has 3 aromatic heterocycles. The maximum Gasteiger partial charge on any atom is 0.341 e. The lowest BCUT2D eigenvalue weighted by molar-refractivity contribution is -0.113. The van der Waals surface area contributed by atoms with Gasteiger partial charge in [-0.1, -0.05) is 67.2 Å². The van der Waals surface area contributed by atoms with Crippen LogP contribution in [0.15, 0.2) is 76.0 Å². The first-order chi connectivity index (χ1) is 20.4. The highest BCUT2D eigenvalue weighted by atomic mass is 32.2. The smallest absolute Gasteiger partial charge is 0.341 e. The number of rotatable bonds is 8. The number of aromatic nitrogens is 2. The van der Waals surface area contributed by atoms with E-state index in [1.807, 2.05) is 66.0 Å². The molecule has 0 spiro atoms. The van der Waals surface area contributed by atoms with Crippen molar-refractivity contribution in [3.05, 3.63) is 92.4 Å². The van der Waals surface area contributed by atoms with Crippen LogP contribution in [0.2, 0.25) is 0 Å². The van der Waals surface area contributed by atoms with Gasteiger partial charge < -0.3 is 10.1 Å². The van der Waals surface area contributed by atoms with Crippen molar-refractivity contribution in [2.24, 2.45) is 5.92 Å². The molecule has 2 aromatic carbocycles. The molecule has 214 valence electrons. The van der Waals surface area contributed by atoms with Gasteiger partial charge in [0.05, 0.1) is 23.4 Å². The fraction of sp³-hybridized carbons (Fsp3) is 0.250. The molecular formula is C32H29N3O4S3. The van der Waals surface area contributed by atoms with E-state index < -0.39 is 5.97 Å². The average molecular weight is 616 g/mol. The first-order valence-corrected chi connectivity index (χ1v) is 16.5. The molecule has 0 bridgehead atoms. The molecule has 5 aromatic rings. The number of aryl methyl sites for hydroxylation is 1. The van der Waals surface area contributed by atoms with Crippen LogP contribution in [0.25, 0.3) is 27.0 Å². The maximum absolute atomic E-state index is 14.0. The molecular weight excluding hydrogens is 587 g/mol. The van der Waals surface area contributed by atoms with Crippen molar-refractivity contribution in [2.75, 3.05) is 17.7 Å². The summed E-state index contributed by atoms with van der Waals surface area (Å²) >= 11 is 4.09. The molecule has 0 aliphatic heterocycles. The van der Waals surface area contributed by atoms with Gasteiger partial charge in [0.15, 0.2) is 5.16 Å². The fourth-order valence-corrected chi connectivity index (χ4v) is 8.46. The van der Waals surface area contributed by atoms with Crippen LogP contribution in [0.4, 0.5) is 5.00 Å². The second-order valence-corrected chi connectivity index (χ2v) is 13.1. The van der Waals surface area contributed by atoms with E-state index in [-0.39, 0.29) is 23.8 Å². The number of esters is 1. The molecule has 0 unspecified atom stereocenters. The Bertz CT molecular complexity index is 1830.